The Morgan fingerprint density at radius 2 is 2.09 bits per heavy atom. The van der Waals surface area contributed by atoms with Crippen molar-refractivity contribution in [2.24, 2.45) is 11.0 Å². The monoisotopic (exact) mass is 308 g/mol. The van der Waals surface area contributed by atoms with Crippen LogP contribution in [0, 0.1) is 12.8 Å². The zero-order chi connectivity index (χ0) is 15.8. The second-order valence-electron chi connectivity index (χ2n) is 6.42. The third kappa shape index (κ3) is 2.72. The number of amides is 1. The Morgan fingerprint density at radius 1 is 1.30 bits per heavy atom. The van der Waals surface area contributed by atoms with E-state index in [-0.39, 0.29) is 5.91 Å². The van der Waals surface area contributed by atoms with Crippen LogP contribution < -0.4 is 5.43 Å². The summed E-state index contributed by atoms with van der Waals surface area (Å²) in [5.74, 6) is 0.381. The molecule has 3 saturated heterocycles. The lowest BCUT2D eigenvalue weighted by atomic mass is 9.87. The fourth-order valence-electron chi connectivity index (χ4n) is 3.59. The number of rotatable bonds is 2. The average Bonchev–Trinajstić information content (AvgIpc) is 2.60. The van der Waals surface area contributed by atoms with Gasteiger partial charge >= 0.3 is 0 Å². The van der Waals surface area contributed by atoms with Crippen molar-refractivity contribution in [2.45, 2.75) is 19.8 Å². The van der Waals surface area contributed by atoms with E-state index in [4.69, 9.17) is 0 Å². The Bertz CT molecular complexity index is 791. The molecular formula is C18H20N4O. The molecular weight excluding hydrogens is 288 g/mol. The zero-order valence-corrected chi connectivity index (χ0v) is 13.2. The Morgan fingerprint density at radius 3 is 2.83 bits per heavy atom. The van der Waals surface area contributed by atoms with Gasteiger partial charge in [-0.1, -0.05) is 18.2 Å². The van der Waals surface area contributed by atoms with Gasteiger partial charge in [-0.2, -0.15) is 5.10 Å². The van der Waals surface area contributed by atoms with Crippen LogP contribution in [0.2, 0.25) is 0 Å². The molecule has 118 valence electrons. The van der Waals surface area contributed by atoms with Gasteiger partial charge in [0.1, 0.15) is 0 Å². The molecule has 1 aromatic carbocycles. The maximum atomic E-state index is 12.6. The van der Waals surface area contributed by atoms with Crippen molar-refractivity contribution in [3.05, 3.63) is 41.6 Å². The molecule has 0 radical (unpaired) electrons. The minimum atomic E-state index is -0.157. The van der Waals surface area contributed by atoms with Crippen LogP contribution in [0.3, 0.4) is 0 Å². The van der Waals surface area contributed by atoms with Crippen molar-refractivity contribution in [2.75, 3.05) is 19.6 Å². The Balaban J connectivity index is 1.60. The molecule has 5 nitrogen and oxygen atoms in total. The molecule has 0 aliphatic carbocycles. The fraction of sp³-hybridized carbons (Fsp3) is 0.389. The number of benzene rings is 1. The van der Waals surface area contributed by atoms with Crippen LogP contribution in [0.4, 0.5) is 0 Å². The first-order valence-corrected chi connectivity index (χ1v) is 8.16. The molecule has 4 heterocycles. The standard InChI is InChI=1S/C18H20N4O/c1-12-10-15(14-4-2-3-5-16(14)19-12)18(23)21-20-17-11-22-8-6-13(17)7-9-22/h2-5,10,13H,6-9,11H2,1H3,(H,21,23). The van der Waals surface area contributed by atoms with Crippen molar-refractivity contribution in [1.29, 1.82) is 0 Å². The highest BCUT2D eigenvalue weighted by Gasteiger charge is 2.31. The molecule has 3 aliphatic heterocycles. The first kappa shape index (κ1) is 14.3. The van der Waals surface area contributed by atoms with E-state index in [0.717, 1.165) is 54.8 Å². The number of carbonyl (C=O) groups excluding carboxylic acids is 1. The lowest BCUT2D eigenvalue weighted by Gasteiger charge is -2.39. The smallest absolute Gasteiger partial charge is 0.272 e. The van der Waals surface area contributed by atoms with Crippen LogP contribution in [0.15, 0.2) is 35.4 Å². The average molecular weight is 308 g/mol. The van der Waals surface area contributed by atoms with Crippen molar-refractivity contribution in [1.82, 2.24) is 15.3 Å². The van der Waals surface area contributed by atoms with Crippen LogP contribution in [-0.4, -0.2) is 41.1 Å². The van der Waals surface area contributed by atoms with Gasteiger partial charge in [0.05, 0.1) is 16.8 Å². The van der Waals surface area contributed by atoms with Crippen molar-refractivity contribution in [3.8, 4) is 0 Å². The van der Waals surface area contributed by atoms with E-state index >= 15 is 0 Å². The number of piperidine rings is 3. The molecule has 23 heavy (non-hydrogen) atoms. The predicted molar refractivity (Wildman–Crippen MR) is 90.5 cm³/mol. The number of para-hydroxylation sites is 1. The quantitative estimate of drug-likeness (QED) is 0.867. The number of hydrogen-bond donors (Lipinski definition) is 1. The van der Waals surface area contributed by atoms with E-state index in [1.54, 1.807) is 0 Å². The summed E-state index contributed by atoms with van der Waals surface area (Å²) in [4.78, 5) is 19.5. The number of nitrogens with zero attached hydrogens (tertiary/aromatic N) is 3. The highest BCUT2D eigenvalue weighted by Crippen LogP contribution is 2.25. The van der Waals surface area contributed by atoms with Crippen molar-refractivity contribution < 1.29 is 4.79 Å². The van der Waals surface area contributed by atoms with Crippen LogP contribution >= 0.6 is 0 Å². The number of pyridine rings is 1. The summed E-state index contributed by atoms with van der Waals surface area (Å²) < 4.78 is 0. The molecule has 1 N–H and O–H groups in total. The van der Waals surface area contributed by atoms with Gasteiger partial charge in [0, 0.05) is 23.5 Å². The van der Waals surface area contributed by atoms with Gasteiger partial charge in [-0.3, -0.25) is 14.7 Å². The predicted octanol–water partition coefficient (Wildman–Crippen LogP) is 2.35. The lowest BCUT2D eigenvalue weighted by molar-refractivity contribution is 0.0954. The molecule has 1 aromatic heterocycles. The van der Waals surface area contributed by atoms with E-state index in [2.05, 4.69) is 20.4 Å². The molecule has 5 heteroatoms. The molecule has 0 spiro atoms. The van der Waals surface area contributed by atoms with Crippen LogP contribution in [-0.2, 0) is 0 Å². The molecule has 3 fully saturated rings. The minimum absolute atomic E-state index is 0.157. The normalized spacial score (nSPS) is 25.0. The van der Waals surface area contributed by atoms with Crippen molar-refractivity contribution in [3.63, 3.8) is 0 Å². The number of aromatic nitrogens is 1. The zero-order valence-electron chi connectivity index (χ0n) is 13.2. The highest BCUT2D eigenvalue weighted by molar-refractivity contribution is 6.06. The summed E-state index contributed by atoms with van der Waals surface area (Å²) in [6.07, 6.45) is 2.32. The number of aryl methyl sites for hydroxylation is 1. The number of fused-ring (bicyclic) bond motifs is 4. The van der Waals surface area contributed by atoms with Gasteiger partial charge < -0.3 is 0 Å². The maximum absolute atomic E-state index is 12.6. The molecule has 1 amide bonds. The van der Waals surface area contributed by atoms with E-state index in [1.807, 2.05) is 37.3 Å². The maximum Gasteiger partial charge on any atom is 0.272 e. The van der Waals surface area contributed by atoms with Crippen LogP contribution in [0.1, 0.15) is 28.9 Å². The third-order valence-corrected chi connectivity index (χ3v) is 4.83. The lowest BCUT2D eigenvalue weighted by Crippen LogP contribution is -2.48. The SMILES string of the molecule is Cc1cc(C(=O)NN=C2CN3CCC2CC3)c2ccccc2n1. The fourth-order valence-corrected chi connectivity index (χ4v) is 3.59. The molecule has 2 bridgehead atoms. The first-order valence-electron chi connectivity index (χ1n) is 8.16. The third-order valence-electron chi connectivity index (χ3n) is 4.83. The van der Waals surface area contributed by atoms with Crippen LogP contribution in [0.5, 0.6) is 0 Å². The number of hydrazone groups is 1. The second-order valence-corrected chi connectivity index (χ2v) is 6.42. The molecule has 0 unspecified atom stereocenters. The molecule has 0 saturated carbocycles. The summed E-state index contributed by atoms with van der Waals surface area (Å²) in [6, 6.07) is 9.55. The molecule has 5 rings (SSSR count). The minimum Gasteiger partial charge on any atom is -0.298 e. The second kappa shape index (κ2) is 5.74. The number of nitrogens with one attached hydrogen (secondary N) is 1. The van der Waals surface area contributed by atoms with Gasteiger partial charge in [-0.05, 0) is 45.0 Å². The van der Waals surface area contributed by atoms with Gasteiger partial charge in [0.25, 0.3) is 5.91 Å². The van der Waals surface area contributed by atoms with Crippen LogP contribution in [0.25, 0.3) is 10.9 Å². The van der Waals surface area contributed by atoms with Gasteiger partial charge in [0.15, 0.2) is 0 Å². The Hall–Kier alpha value is -2.27. The summed E-state index contributed by atoms with van der Waals surface area (Å²) in [5.41, 5.74) is 6.20. The number of hydrogen-bond acceptors (Lipinski definition) is 4. The summed E-state index contributed by atoms with van der Waals surface area (Å²) in [5, 5.41) is 5.30. The van der Waals surface area contributed by atoms with E-state index in [0.29, 0.717) is 11.5 Å². The van der Waals surface area contributed by atoms with Gasteiger partial charge in [-0.15, -0.1) is 0 Å². The first-order chi connectivity index (χ1) is 11.2. The number of carbonyl (C=O) groups is 1. The van der Waals surface area contributed by atoms with Crippen molar-refractivity contribution >= 4 is 22.5 Å². The molecule has 2 aromatic rings. The van der Waals surface area contributed by atoms with Gasteiger partial charge in [-0.25, -0.2) is 5.43 Å². The largest absolute Gasteiger partial charge is 0.298 e. The van der Waals surface area contributed by atoms with E-state index in [1.165, 1.54) is 0 Å². The van der Waals surface area contributed by atoms with Gasteiger partial charge in [0.2, 0.25) is 0 Å². The van der Waals surface area contributed by atoms with E-state index < -0.39 is 0 Å². The summed E-state index contributed by atoms with van der Waals surface area (Å²) >= 11 is 0. The van der Waals surface area contributed by atoms with E-state index in [9.17, 15) is 4.79 Å². The summed E-state index contributed by atoms with van der Waals surface area (Å²) in [7, 11) is 0. The molecule has 3 aliphatic rings. The Labute approximate surface area is 135 Å². The topological polar surface area (TPSA) is 57.6 Å². The molecule has 0 atom stereocenters. The Kier molecular flexibility index (Phi) is 3.58. The summed E-state index contributed by atoms with van der Waals surface area (Å²) in [6.45, 7) is 5.11. The highest BCUT2D eigenvalue weighted by atomic mass is 16.2.